The van der Waals surface area contributed by atoms with E-state index in [-0.39, 0.29) is 22.5 Å². The maximum Gasteiger partial charge on any atom is 0.229 e. The second-order valence-corrected chi connectivity index (χ2v) is 10.2. The zero-order valence-corrected chi connectivity index (χ0v) is 22.5. The van der Waals surface area contributed by atoms with Gasteiger partial charge in [0.15, 0.2) is 11.7 Å². The number of hydrogen-bond acceptors (Lipinski definition) is 14. The van der Waals surface area contributed by atoms with Crippen LogP contribution < -0.4 is 14.9 Å². The third-order valence-corrected chi connectivity index (χ3v) is 7.31. The fourth-order valence-electron chi connectivity index (χ4n) is 4.84. The third kappa shape index (κ3) is 5.81. The number of benzene rings is 2. The van der Waals surface area contributed by atoms with Crippen LogP contribution >= 0.6 is 0 Å². The van der Waals surface area contributed by atoms with Crippen LogP contribution in [0.4, 0.5) is 0 Å². The van der Waals surface area contributed by atoms with Crippen LogP contribution in [0.2, 0.25) is 0 Å². The van der Waals surface area contributed by atoms with E-state index in [0.717, 1.165) is 6.07 Å². The number of fused-ring (bicyclic) bond motifs is 1. The van der Waals surface area contributed by atoms with Crippen molar-refractivity contribution in [3.8, 4) is 28.6 Å². The molecule has 10 atom stereocenters. The van der Waals surface area contributed by atoms with E-state index in [1.54, 1.807) is 24.3 Å². The lowest BCUT2D eigenvalue weighted by atomic mass is 9.98. The molecular weight excluding hydrogens is 560 g/mol. The number of methoxy groups -OCH3 is 1. The van der Waals surface area contributed by atoms with Crippen molar-refractivity contribution in [2.45, 2.75) is 68.3 Å². The normalized spacial score (nSPS) is 33.4. The molecule has 5 rings (SSSR count). The molecule has 2 saturated heterocycles. The lowest BCUT2D eigenvalue weighted by Crippen LogP contribution is -2.61. The quantitative estimate of drug-likeness (QED) is 0.179. The average molecular weight is 593 g/mol. The van der Waals surface area contributed by atoms with Crippen LogP contribution in [-0.4, -0.2) is 111 Å². The summed E-state index contributed by atoms with van der Waals surface area (Å²) in [6.45, 7) is 0.984. The topological polar surface area (TPSA) is 218 Å². The molecule has 2 aliphatic heterocycles. The standard InChI is InChI=1S/C28H32O14/c1-11-21(31)23(33)25(35)27(39-11)38-10-19-22(32)24(34)26(36)28(42-19)40-14-7-15(29)20-16(30)9-17(41-18(20)8-14)12-3-5-13(37-2)6-4-12/h3-9,11,19,21-29,31-36H,10H2,1-2H3/t11-,19+,21?,22+,23?,24-,25+,26+,27?,28+/m0/s1. The number of phenolic OH excluding ortho intramolecular Hbond substituents is 1. The minimum atomic E-state index is -1.76. The maximum atomic E-state index is 12.8. The second-order valence-electron chi connectivity index (χ2n) is 10.2. The van der Waals surface area contributed by atoms with Gasteiger partial charge in [-0.15, -0.1) is 0 Å². The Balaban J connectivity index is 1.35. The monoisotopic (exact) mass is 592 g/mol. The molecule has 7 N–H and O–H groups in total. The lowest BCUT2D eigenvalue weighted by molar-refractivity contribution is -0.318. The molecule has 1 aromatic heterocycles. The van der Waals surface area contributed by atoms with E-state index in [1.165, 1.54) is 26.2 Å². The summed E-state index contributed by atoms with van der Waals surface area (Å²) in [5.41, 5.74) is 0.0115. The predicted octanol–water partition coefficient (Wildman–Crippen LogP) is -0.795. The molecule has 0 radical (unpaired) electrons. The van der Waals surface area contributed by atoms with Crippen LogP contribution in [0.25, 0.3) is 22.3 Å². The number of aromatic hydroxyl groups is 1. The minimum Gasteiger partial charge on any atom is -0.507 e. The number of phenols is 1. The molecule has 2 aliphatic rings. The molecule has 2 fully saturated rings. The summed E-state index contributed by atoms with van der Waals surface area (Å²) in [6.07, 6.45) is -14.8. The van der Waals surface area contributed by atoms with E-state index in [0.29, 0.717) is 11.3 Å². The van der Waals surface area contributed by atoms with Gasteiger partial charge in [-0.1, -0.05) is 0 Å². The first-order chi connectivity index (χ1) is 20.0. The van der Waals surface area contributed by atoms with Crippen LogP contribution in [-0.2, 0) is 14.2 Å². The molecule has 14 heteroatoms. The highest BCUT2D eigenvalue weighted by atomic mass is 16.7. The van der Waals surface area contributed by atoms with Crippen molar-refractivity contribution >= 4 is 11.0 Å². The van der Waals surface area contributed by atoms with Crippen molar-refractivity contribution < 1.29 is 63.8 Å². The molecule has 3 heterocycles. The number of hydrogen-bond donors (Lipinski definition) is 7. The predicted molar refractivity (Wildman–Crippen MR) is 142 cm³/mol. The first-order valence-corrected chi connectivity index (χ1v) is 13.1. The van der Waals surface area contributed by atoms with Crippen LogP contribution in [0.3, 0.4) is 0 Å². The van der Waals surface area contributed by atoms with E-state index in [9.17, 15) is 40.5 Å². The molecule has 14 nitrogen and oxygen atoms in total. The van der Waals surface area contributed by atoms with E-state index < -0.39 is 79.2 Å². The molecule has 3 unspecified atom stereocenters. The van der Waals surface area contributed by atoms with E-state index in [2.05, 4.69) is 0 Å². The molecule has 42 heavy (non-hydrogen) atoms. The van der Waals surface area contributed by atoms with Crippen LogP contribution in [0, 0.1) is 0 Å². The molecular formula is C28H32O14. The molecule has 0 bridgehead atoms. The average Bonchev–Trinajstić information content (AvgIpc) is 2.97. The van der Waals surface area contributed by atoms with Crippen molar-refractivity contribution in [1.29, 1.82) is 0 Å². The Hall–Kier alpha value is -3.31. The fourth-order valence-corrected chi connectivity index (χ4v) is 4.84. The van der Waals surface area contributed by atoms with E-state index >= 15 is 0 Å². The molecule has 0 aliphatic carbocycles. The summed E-state index contributed by atoms with van der Waals surface area (Å²) in [5.74, 6) is 0.238. The number of aliphatic hydroxyl groups excluding tert-OH is 6. The van der Waals surface area contributed by atoms with Gasteiger partial charge in [0.1, 0.15) is 76.7 Å². The Morgan fingerprint density at radius 1 is 0.786 bits per heavy atom. The number of ether oxygens (including phenoxy) is 5. The highest BCUT2D eigenvalue weighted by Gasteiger charge is 2.47. The van der Waals surface area contributed by atoms with Gasteiger partial charge in [-0.25, -0.2) is 0 Å². The first kappa shape index (κ1) is 30.2. The largest absolute Gasteiger partial charge is 0.507 e. The third-order valence-electron chi connectivity index (χ3n) is 7.31. The Labute approximate surface area is 238 Å². The smallest absolute Gasteiger partial charge is 0.229 e. The van der Waals surface area contributed by atoms with Gasteiger partial charge in [0.2, 0.25) is 6.29 Å². The van der Waals surface area contributed by atoms with E-state index in [4.69, 9.17) is 28.1 Å². The van der Waals surface area contributed by atoms with Gasteiger partial charge in [0.25, 0.3) is 0 Å². The number of aliphatic hydroxyl groups is 6. The summed E-state index contributed by atoms with van der Waals surface area (Å²) in [6, 6.07) is 10.4. The van der Waals surface area contributed by atoms with Gasteiger partial charge in [0.05, 0.1) is 19.8 Å². The van der Waals surface area contributed by atoms with Crippen molar-refractivity contribution in [3.63, 3.8) is 0 Å². The fraction of sp³-hybridized carbons (Fsp3) is 0.464. The zero-order valence-electron chi connectivity index (χ0n) is 22.5. The van der Waals surface area contributed by atoms with Gasteiger partial charge >= 0.3 is 0 Å². The summed E-state index contributed by atoms with van der Waals surface area (Å²) < 4.78 is 33.2. The highest BCUT2D eigenvalue weighted by Crippen LogP contribution is 2.34. The Bertz CT molecular complexity index is 1440. The molecule has 2 aromatic carbocycles. The Morgan fingerprint density at radius 2 is 1.45 bits per heavy atom. The van der Waals surface area contributed by atoms with Gasteiger partial charge in [-0.05, 0) is 31.2 Å². The second kappa shape index (κ2) is 12.1. The Morgan fingerprint density at radius 3 is 2.14 bits per heavy atom. The van der Waals surface area contributed by atoms with Crippen molar-refractivity contribution in [3.05, 3.63) is 52.7 Å². The first-order valence-electron chi connectivity index (χ1n) is 13.1. The van der Waals surface area contributed by atoms with Gasteiger partial charge < -0.3 is 63.8 Å². The molecule has 0 spiro atoms. The molecule has 3 aromatic rings. The summed E-state index contributed by atoms with van der Waals surface area (Å²) >= 11 is 0. The van der Waals surface area contributed by atoms with Crippen molar-refractivity contribution in [2.75, 3.05) is 13.7 Å². The Kier molecular flexibility index (Phi) is 8.71. The zero-order chi connectivity index (χ0) is 30.3. The number of rotatable bonds is 7. The summed E-state index contributed by atoms with van der Waals surface area (Å²) in [4.78, 5) is 12.8. The van der Waals surface area contributed by atoms with Crippen molar-refractivity contribution in [2.24, 2.45) is 0 Å². The van der Waals surface area contributed by atoms with Gasteiger partial charge in [-0.3, -0.25) is 4.79 Å². The molecule has 228 valence electrons. The van der Waals surface area contributed by atoms with Crippen LogP contribution in [0.1, 0.15) is 6.92 Å². The van der Waals surface area contributed by atoms with Crippen LogP contribution in [0.5, 0.6) is 17.2 Å². The van der Waals surface area contributed by atoms with E-state index in [1.807, 2.05) is 0 Å². The summed E-state index contributed by atoms with van der Waals surface area (Å²) in [7, 11) is 1.52. The molecule has 0 amide bonds. The highest BCUT2D eigenvalue weighted by molar-refractivity contribution is 5.86. The summed E-state index contributed by atoms with van der Waals surface area (Å²) in [5, 5.41) is 71.9. The van der Waals surface area contributed by atoms with Crippen molar-refractivity contribution in [1.82, 2.24) is 0 Å². The lowest BCUT2D eigenvalue weighted by Gasteiger charge is -2.42. The van der Waals surface area contributed by atoms with Crippen LogP contribution in [0.15, 0.2) is 51.7 Å². The van der Waals surface area contributed by atoms with Gasteiger partial charge in [-0.2, -0.15) is 0 Å². The van der Waals surface area contributed by atoms with Gasteiger partial charge in [0, 0.05) is 23.8 Å². The SMILES string of the molecule is COc1ccc(-c2cc(=O)c3c(O)cc(O[C@@H]4O[C@H](COC5O[C@@H](C)C(O)C(O)[C@H]5O)[C@@H](O)[C@H](O)[C@H]4O)cc3o2)cc1. The molecule has 0 saturated carbocycles. The minimum absolute atomic E-state index is 0.0348. The maximum absolute atomic E-state index is 12.8.